The van der Waals surface area contributed by atoms with Crippen molar-refractivity contribution >= 4 is 5.78 Å². The van der Waals surface area contributed by atoms with Gasteiger partial charge in [0.05, 0.1) is 6.54 Å². The summed E-state index contributed by atoms with van der Waals surface area (Å²) >= 11 is 0. The molecule has 0 aromatic rings. The Morgan fingerprint density at radius 3 is 2.58 bits per heavy atom. The molecule has 4 heteroatoms. The van der Waals surface area contributed by atoms with Gasteiger partial charge in [0.1, 0.15) is 23.9 Å². The second kappa shape index (κ2) is 11.8. The lowest BCUT2D eigenvalue weighted by Gasteiger charge is -2.50. The van der Waals surface area contributed by atoms with Gasteiger partial charge >= 0.3 is 0 Å². The summed E-state index contributed by atoms with van der Waals surface area (Å²) in [6.45, 7) is 9.39. The van der Waals surface area contributed by atoms with E-state index in [1.807, 2.05) is 11.9 Å². The monoisotopic (exact) mass is 495 g/mol. The minimum Gasteiger partial charge on any atom is -0.489 e. The fourth-order valence-electron chi connectivity index (χ4n) is 8.06. The minimum absolute atomic E-state index is 0.103. The molecule has 200 valence electrons. The number of ketones is 1. The molecule has 1 saturated heterocycles. The first-order chi connectivity index (χ1) is 17.3. The molecule has 0 bridgehead atoms. The fourth-order valence-corrected chi connectivity index (χ4v) is 8.06. The Hall–Kier alpha value is -1.65. The van der Waals surface area contributed by atoms with E-state index in [2.05, 4.69) is 64.2 Å². The lowest BCUT2D eigenvalue weighted by molar-refractivity contribution is -0.129. The second-order valence-electron chi connectivity index (χ2n) is 12.4. The number of allylic oxidation sites excluding steroid dienone is 6. The van der Waals surface area contributed by atoms with Crippen LogP contribution in [0.25, 0.3) is 0 Å². The molecule has 0 amide bonds. The molecule has 6 unspecified atom stereocenters. The third-order valence-electron chi connectivity index (χ3n) is 9.86. The number of ether oxygens (including phenoxy) is 1. The van der Waals surface area contributed by atoms with Gasteiger partial charge in [0.15, 0.2) is 0 Å². The zero-order valence-electron chi connectivity index (χ0n) is 23.3. The highest BCUT2D eigenvalue weighted by atomic mass is 16.5. The molecule has 4 rings (SSSR count). The van der Waals surface area contributed by atoms with Crippen molar-refractivity contribution in [1.82, 2.24) is 4.90 Å². The second-order valence-corrected chi connectivity index (χ2v) is 12.4. The lowest BCUT2D eigenvalue weighted by Crippen LogP contribution is -2.50. The number of carbonyl (C=O) groups excluding carboxylic acids is 1. The van der Waals surface area contributed by atoms with Gasteiger partial charge in [-0.3, -0.25) is 9.69 Å². The van der Waals surface area contributed by atoms with Gasteiger partial charge in [-0.25, -0.2) is 0 Å². The summed E-state index contributed by atoms with van der Waals surface area (Å²) in [6, 6.07) is 0. The summed E-state index contributed by atoms with van der Waals surface area (Å²) in [5.41, 5.74) is 1.07. The Bertz CT molecular complexity index is 897. The Kier molecular flexibility index (Phi) is 8.99. The first-order valence-electron chi connectivity index (χ1n) is 14.6. The van der Waals surface area contributed by atoms with Gasteiger partial charge in [0, 0.05) is 22.8 Å². The van der Waals surface area contributed by atoms with Crippen molar-refractivity contribution in [3.8, 4) is 0 Å². The highest BCUT2D eigenvalue weighted by Gasteiger charge is 2.53. The van der Waals surface area contributed by atoms with Gasteiger partial charge in [-0.1, -0.05) is 83.8 Å². The van der Waals surface area contributed by atoms with Gasteiger partial charge < -0.3 is 9.84 Å². The summed E-state index contributed by atoms with van der Waals surface area (Å²) in [5.74, 6) is 3.37. The quantitative estimate of drug-likeness (QED) is 0.375. The third kappa shape index (κ3) is 5.45. The summed E-state index contributed by atoms with van der Waals surface area (Å²) in [4.78, 5) is 15.1. The topological polar surface area (TPSA) is 49.8 Å². The van der Waals surface area contributed by atoms with E-state index in [0.29, 0.717) is 30.1 Å². The van der Waals surface area contributed by atoms with Crippen molar-refractivity contribution in [2.24, 2.45) is 35.0 Å². The van der Waals surface area contributed by atoms with Crippen molar-refractivity contribution in [1.29, 1.82) is 0 Å². The molecule has 1 saturated carbocycles. The Balaban J connectivity index is 1.38. The number of carbonyl (C=O) groups is 1. The maximum absolute atomic E-state index is 13.2. The highest BCUT2D eigenvalue weighted by molar-refractivity contribution is 5.83. The number of aliphatic hydroxyl groups excluding tert-OH is 1. The van der Waals surface area contributed by atoms with Crippen LogP contribution in [0.4, 0.5) is 0 Å². The minimum atomic E-state index is -0.565. The number of nitrogens with zero attached hydrogens (tertiary/aromatic N) is 1. The van der Waals surface area contributed by atoms with Crippen LogP contribution in [0.2, 0.25) is 0 Å². The molecule has 2 aliphatic heterocycles. The summed E-state index contributed by atoms with van der Waals surface area (Å²) in [5, 5.41) is 11.2. The summed E-state index contributed by atoms with van der Waals surface area (Å²) in [7, 11) is 1.90. The molecule has 36 heavy (non-hydrogen) atoms. The largest absolute Gasteiger partial charge is 0.489 e. The molecule has 2 aliphatic carbocycles. The predicted octanol–water partition coefficient (Wildman–Crippen LogP) is 6.83. The number of aliphatic hydroxyl groups is 1. The number of Topliss-reactive ketones (excluding diaryl/α,β-unsaturated/α-hetero) is 1. The summed E-state index contributed by atoms with van der Waals surface area (Å²) < 4.78 is 6.44. The van der Waals surface area contributed by atoms with Crippen LogP contribution in [-0.2, 0) is 9.53 Å². The van der Waals surface area contributed by atoms with Gasteiger partial charge in [-0.05, 0) is 63.0 Å². The maximum atomic E-state index is 13.2. The van der Waals surface area contributed by atoms with E-state index in [0.717, 1.165) is 37.9 Å². The van der Waals surface area contributed by atoms with Crippen LogP contribution in [0.15, 0.2) is 47.8 Å². The standard InChI is InChI=1S/C32H49NO3/c1-6-22(24-17-14-18-26-27(34)21-33(5)31(35)32(3,4)30(24)26)15-12-13-20-28-23(7-2)25-16-10-8-9-11-19-29(25)36-28/h8-11,16,19,22-24,26,28,30-31,35H,6-7,12-15,17-18,20-21H2,1-5H3/b9-8+,10-8?,11-9?,16-10-,19-11?,25-16?,29-19?/t22?,23?,24?,26-,28?,30?,31?/m0/s1. The van der Waals surface area contributed by atoms with Crippen molar-refractivity contribution in [3.63, 3.8) is 0 Å². The van der Waals surface area contributed by atoms with E-state index in [4.69, 9.17) is 4.74 Å². The smallest absolute Gasteiger partial charge is 0.150 e. The van der Waals surface area contributed by atoms with E-state index >= 15 is 0 Å². The highest BCUT2D eigenvalue weighted by Crippen LogP contribution is 2.53. The van der Waals surface area contributed by atoms with Gasteiger partial charge in [-0.2, -0.15) is 0 Å². The number of rotatable bonds is 8. The zero-order chi connectivity index (χ0) is 25.9. The predicted molar refractivity (Wildman–Crippen MR) is 147 cm³/mol. The molecule has 0 radical (unpaired) electrons. The number of hydrogen-bond acceptors (Lipinski definition) is 4. The van der Waals surface area contributed by atoms with Gasteiger partial charge in [0.2, 0.25) is 0 Å². The molecule has 0 aromatic carbocycles. The van der Waals surface area contributed by atoms with E-state index < -0.39 is 6.23 Å². The average molecular weight is 496 g/mol. The zero-order valence-corrected chi connectivity index (χ0v) is 23.3. The van der Waals surface area contributed by atoms with E-state index in [1.165, 1.54) is 31.3 Å². The van der Waals surface area contributed by atoms with Crippen LogP contribution in [-0.4, -0.2) is 41.7 Å². The first-order valence-corrected chi connectivity index (χ1v) is 14.6. The Morgan fingerprint density at radius 1 is 1.11 bits per heavy atom. The fraction of sp³-hybridized carbons (Fsp3) is 0.719. The van der Waals surface area contributed by atoms with Crippen LogP contribution in [0.1, 0.15) is 85.5 Å². The van der Waals surface area contributed by atoms with E-state index in [9.17, 15) is 9.90 Å². The van der Waals surface area contributed by atoms with Gasteiger partial charge in [0.25, 0.3) is 0 Å². The third-order valence-corrected chi connectivity index (χ3v) is 9.86. The normalized spacial score (nSPS) is 36.8. The van der Waals surface area contributed by atoms with Crippen LogP contribution >= 0.6 is 0 Å². The van der Waals surface area contributed by atoms with Crippen LogP contribution in [0.3, 0.4) is 0 Å². The molecule has 7 atom stereocenters. The first kappa shape index (κ1) is 27.4. The molecular weight excluding hydrogens is 446 g/mol. The Morgan fingerprint density at radius 2 is 1.86 bits per heavy atom. The molecule has 2 heterocycles. The molecule has 4 nitrogen and oxygen atoms in total. The van der Waals surface area contributed by atoms with Crippen molar-refractivity contribution in [3.05, 3.63) is 47.8 Å². The molecule has 0 aromatic heterocycles. The number of fused-ring (bicyclic) bond motifs is 1. The van der Waals surface area contributed by atoms with E-state index in [1.54, 1.807) is 0 Å². The number of likely N-dealkylation sites (tertiary alicyclic amines) is 1. The number of unbranched alkanes of at least 4 members (excludes halogenated alkanes) is 1. The van der Waals surface area contributed by atoms with Crippen LogP contribution in [0.5, 0.6) is 0 Å². The lowest BCUT2D eigenvalue weighted by atomic mass is 9.56. The molecule has 1 N–H and O–H groups in total. The Labute approximate surface area is 219 Å². The summed E-state index contributed by atoms with van der Waals surface area (Å²) in [6.07, 6.45) is 22.7. The average Bonchev–Trinajstić information content (AvgIpc) is 3.15. The van der Waals surface area contributed by atoms with Crippen molar-refractivity contribution < 1.29 is 14.6 Å². The molecule has 4 aliphatic rings. The number of hydrogen-bond donors (Lipinski definition) is 1. The van der Waals surface area contributed by atoms with Crippen LogP contribution in [0, 0.1) is 35.0 Å². The molecular formula is C32H49NO3. The number of likely N-dealkylation sites (N-methyl/N-ethyl adjacent to an activating group) is 1. The molecule has 0 spiro atoms. The van der Waals surface area contributed by atoms with Crippen molar-refractivity contribution in [2.75, 3.05) is 13.6 Å². The van der Waals surface area contributed by atoms with Crippen molar-refractivity contribution in [2.45, 2.75) is 97.8 Å². The van der Waals surface area contributed by atoms with Gasteiger partial charge in [-0.15, -0.1) is 0 Å². The maximum Gasteiger partial charge on any atom is 0.150 e. The molecule has 2 fully saturated rings. The van der Waals surface area contributed by atoms with E-state index in [-0.39, 0.29) is 23.4 Å². The van der Waals surface area contributed by atoms with Crippen LogP contribution < -0.4 is 0 Å². The SMILES string of the molecule is CCC(CCCCC1OC2=C(/C=C\C=C\C=C2)C1CC)C1CCC[C@H]2C(=O)CN(C)C(O)C(C)(C)C12.